The van der Waals surface area contributed by atoms with Crippen LogP contribution in [0.3, 0.4) is 0 Å². The molecule has 0 saturated heterocycles. The molecule has 21 heavy (non-hydrogen) atoms. The number of aliphatic carboxylic acids is 1. The van der Waals surface area contributed by atoms with Gasteiger partial charge in [-0.1, -0.05) is 27.5 Å². The molecule has 5 nitrogen and oxygen atoms in total. The summed E-state index contributed by atoms with van der Waals surface area (Å²) in [5.74, 6) is -1.14. The first-order valence-electron chi connectivity index (χ1n) is 6.24. The number of alkyl carbamates (subject to hydrolysis) is 1. The number of carbonyl (C=O) groups excluding carboxylic acids is 1. The Morgan fingerprint density at radius 1 is 1.38 bits per heavy atom. The molecule has 0 saturated carbocycles. The number of benzene rings is 1. The van der Waals surface area contributed by atoms with Crippen molar-refractivity contribution in [2.45, 2.75) is 38.8 Å². The van der Waals surface area contributed by atoms with Crippen molar-refractivity contribution < 1.29 is 19.4 Å². The molecule has 0 spiro atoms. The summed E-state index contributed by atoms with van der Waals surface area (Å²) in [6.45, 7) is 5.11. The van der Waals surface area contributed by atoms with Crippen molar-refractivity contribution in [3.8, 4) is 0 Å². The van der Waals surface area contributed by atoms with E-state index in [1.54, 1.807) is 39.0 Å². The highest BCUT2D eigenvalue weighted by atomic mass is 79.9. The van der Waals surface area contributed by atoms with E-state index < -0.39 is 23.7 Å². The summed E-state index contributed by atoms with van der Waals surface area (Å²) in [5.41, 5.74) is 0.00416. The number of hydrogen-bond acceptors (Lipinski definition) is 3. The van der Waals surface area contributed by atoms with Gasteiger partial charge in [-0.2, -0.15) is 0 Å². The minimum atomic E-state index is -1.14. The SMILES string of the molecule is CC(C)(C)OC(=O)NC(Cc1cc(Cl)cc(Br)c1)C(=O)O. The van der Waals surface area contributed by atoms with Crippen LogP contribution in [0.15, 0.2) is 22.7 Å². The number of hydrogen-bond donors (Lipinski definition) is 2. The number of rotatable bonds is 4. The van der Waals surface area contributed by atoms with Gasteiger partial charge >= 0.3 is 12.1 Å². The molecule has 0 heterocycles. The van der Waals surface area contributed by atoms with E-state index in [0.717, 1.165) is 4.47 Å². The fourth-order valence-corrected chi connectivity index (χ4v) is 2.54. The fraction of sp³-hybridized carbons (Fsp3) is 0.429. The zero-order valence-corrected chi connectivity index (χ0v) is 14.3. The second-order valence-electron chi connectivity index (χ2n) is 5.52. The molecule has 0 aliphatic carbocycles. The van der Waals surface area contributed by atoms with Crippen molar-refractivity contribution in [1.29, 1.82) is 0 Å². The van der Waals surface area contributed by atoms with Gasteiger partial charge in [-0.05, 0) is 44.5 Å². The van der Waals surface area contributed by atoms with Crippen LogP contribution in [0, 0.1) is 0 Å². The van der Waals surface area contributed by atoms with Gasteiger partial charge in [0.15, 0.2) is 0 Å². The molecule has 116 valence electrons. The van der Waals surface area contributed by atoms with Crippen molar-refractivity contribution >= 4 is 39.6 Å². The van der Waals surface area contributed by atoms with Crippen molar-refractivity contribution in [2.24, 2.45) is 0 Å². The molecule has 0 radical (unpaired) electrons. The van der Waals surface area contributed by atoms with Crippen molar-refractivity contribution in [3.63, 3.8) is 0 Å². The highest BCUT2D eigenvalue weighted by Crippen LogP contribution is 2.20. The third-order valence-electron chi connectivity index (χ3n) is 2.35. The molecule has 0 bridgehead atoms. The molecule has 7 heteroatoms. The van der Waals surface area contributed by atoms with E-state index in [0.29, 0.717) is 10.6 Å². The second-order valence-corrected chi connectivity index (χ2v) is 6.87. The summed E-state index contributed by atoms with van der Waals surface area (Å²) in [6.07, 6.45) is -0.663. The third kappa shape index (κ3) is 6.82. The van der Waals surface area contributed by atoms with Gasteiger partial charge in [0, 0.05) is 15.9 Å². The summed E-state index contributed by atoms with van der Waals surface area (Å²) in [4.78, 5) is 22.9. The molecule has 1 rings (SSSR count). The minimum absolute atomic E-state index is 0.105. The summed E-state index contributed by atoms with van der Waals surface area (Å²) in [6, 6.07) is 4.00. The Balaban J connectivity index is 2.78. The summed E-state index contributed by atoms with van der Waals surface area (Å²) < 4.78 is 5.80. The fourth-order valence-electron chi connectivity index (χ4n) is 1.61. The Labute approximate surface area is 136 Å². The van der Waals surface area contributed by atoms with E-state index in [1.807, 2.05) is 0 Å². The monoisotopic (exact) mass is 377 g/mol. The first kappa shape index (κ1) is 17.8. The predicted octanol–water partition coefficient (Wildman–Crippen LogP) is 3.62. The van der Waals surface area contributed by atoms with Gasteiger partial charge in [-0.25, -0.2) is 9.59 Å². The average molecular weight is 379 g/mol. The summed E-state index contributed by atoms with van der Waals surface area (Å²) in [7, 11) is 0. The van der Waals surface area contributed by atoms with Gasteiger partial charge in [0.2, 0.25) is 0 Å². The van der Waals surface area contributed by atoms with E-state index >= 15 is 0 Å². The lowest BCUT2D eigenvalue weighted by Crippen LogP contribution is -2.44. The van der Waals surface area contributed by atoms with Gasteiger partial charge in [0.25, 0.3) is 0 Å². The predicted molar refractivity (Wildman–Crippen MR) is 83.6 cm³/mol. The number of nitrogens with one attached hydrogen (secondary N) is 1. The van der Waals surface area contributed by atoms with E-state index in [9.17, 15) is 14.7 Å². The molecule has 1 amide bonds. The quantitative estimate of drug-likeness (QED) is 0.839. The molecule has 0 aromatic heterocycles. The lowest BCUT2D eigenvalue weighted by atomic mass is 10.1. The number of amides is 1. The largest absolute Gasteiger partial charge is 0.480 e. The highest BCUT2D eigenvalue weighted by Gasteiger charge is 2.24. The first-order chi connectivity index (χ1) is 9.56. The summed E-state index contributed by atoms with van der Waals surface area (Å²) >= 11 is 9.20. The lowest BCUT2D eigenvalue weighted by molar-refractivity contribution is -0.139. The van der Waals surface area contributed by atoms with Crippen LogP contribution in [0.2, 0.25) is 5.02 Å². The van der Waals surface area contributed by atoms with Gasteiger partial charge in [-0.15, -0.1) is 0 Å². The van der Waals surface area contributed by atoms with Crippen molar-refractivity contribution in [3.05, 3.63) is 33.3 Å². The maximum absolute atomic E-state index is 11.7. The maximum Gasteiger partial charge on any atom is 0.408 e. The lowest BCUT2D eigenvalue weighted by Gasteiger charge is -2.22. The number of halogens is 2. The van der Waals surface area contributed by atoms with Gasteiger partial charge < -0.3 is 15.2 Å². The van der Waals surface area contributed by atoms with Crippen LogP contribution in [-0.4, -0.2) is 28.8 Å². The van der Waals surface area contributed by atoms with Crippen LogP contribution in [0.4, 0.5) is 4.79 Å². The highest BCUT2D eigenvalue weighted by molar-refractivity contribution is 9.10. The molecule has 0 aliphatic rings. The van der Waals surface area contributed by atoms with Crippen LogP contribution < -0.4 is 5.32 Å². The van der Waals surface area contributed by atoms with Crippen LogP contribution in [-0.2, 0) is 16.0 Å². The second kappa shape index (κ2) is 7.13. The van der Waals surface area contributed by atoms with Crippen LogP contribution in [0.25, 0.3) is 0 Å². The number of ether oxygens (including phenoxy) is 1. The number of carboxylic acid groups (broad SMARTS) is 1. The normalized spacial score (nSPS) is 12.6. The Morgan fingerprint density at radius 2 is 2.00 bits per heavy atom. The van der Waals surface area contributed by atoms with Crippen molar-refractivity contribution in [2.75, 3.05) is 0 Å². The molecular weight excluding hydrogens is 362 g/mol. The molecule has 1 aromatic carbocycles. The molecule has 1 atom stereocenters. The number of carboxylic acids is 1. The van der Waals surface area contributed by atoms with Gasteiger partial charge in [-0.3, -0.25) is 0 Å². The van der Waals surface area contributed by atoms with Crippen LogP contribution in [0.1, 0.15) is 26.3 Å². The van der Waals surface area contributed by atoms with Crippen LogP contribution >= 0.6 is 27.5 Å². The third-order valence-corrected chi connectivity index (χ3v) is 3.03. The first-order valence-corrected chi connectivity index (χ1v) is 7.41. The van der Waals surface area contributed by atoms with Crippen LogP contribution in [0.5, 0.6) is 0 Å². The Hall–Kier alpha value is -1.27. The minimum Gasteiger partial charge on any atom is -0.480 e. The molecule has 1 aromatic rings. The zero-order valence-electron chi connectivity index (χ0n) is 11.9. The smallest absolute Gasteiger partial charge is 0.408 e. The Morgan fingerprint density at radius 3 is 2.48 bits per heavy atom. The Kier molecular flexibility index (Phi) is 6.04. The molecule has 0 aliphatic heterocycles. The van der Waals surface area contributed by atoms with Gasteiger partial charge in [0.1, 0.15) is 11.6 Å². The zero-order chi connectivity index (χ0) is 16.2. The van der Waals surface area contributed by atoms with E-state index in [4.69, 9.17) is 16.3 Å². The van der Waals surface area contributed by atoms with E-state index in [-0.39, 0.29) is 6.42 Å². The van der Waals surface area contributed by atoms with E-state index in [1.165, 1.54) is 0 Å². The number of carbonyl (C=O) groups is 2. The maximum atomic E-state index is 11.7. The molecular formula is C14H17BrClNO4. The average Bonchev–Trinajstić information content (AvgIpc) is 2.23. The molecule has 1 unspecified atom stereocenters. The summed E-state index contributed by atoms with van der Waals surface area (Å²) in [5, 5.41) is 12.0. The van der Waals surface area contributed by atoms with Gasteiger partial charge in [0.05, 0.1) is 0 Å². The topological polar surface area (TPSA) is 75.6 Å². The molecule has 0 fully saturated rings. The standard InChI is InChI=1S/C14H17BrClNO4/c1-14(2,3)21-13(20)17-11(12(18)19)6-8-4-9(15)7-10(16)5-8/h4-5,7,11H,6H2,1-3H3,(H,17,20)(H,18,19). The molecule has 2 N–H and O–H groups in total. The van der Waals surface area contributed by atoms with E-state index in [2.05, 4.69) is 21.2 Å². The Bertz CT molecular complexity index is 522. The van der Waals surface area contributed by atoms with Crippen molar-refractivity contribution in [1.82, 2.24) is 5.32 Å².